The molecule has 0 N–H and O–H groups in total. The van der Waals surface area contributed by atoms with Crippen molar-refractivity contribution in [3.05, 3.63) is 78.5 Å². The van der Waals surface area contributed by atoms with Crippen molar-refractivity contribution in [3.63, 3.8) is 0 Å². The van der Waals surface area contributed by atoms with E-state index in [1.165, 1.54) is 5.56 Å². The first-order valence-corrected chi connectivity index (χ1v) is 9.82. The number of benzene rings is 1. The van der Waals surface area contributed by atoms with Crippen molar-refractivity contribution in [3.8, 4) is 0 Å². The number of anilines is 2. The van der Waals surface area contributed by atoms with Crippen LogP contribution in [0.1, 0.15) is 30.5 Å². The number of amides is 1. The molecule has 1 saturated heterocycles. The van der Waals surface area contributed by atoms with Crippen LogP contribution in [0.5, 0.6) is 0 Å². The summed E-state index contributed by atoms with van der Waals surface area (Å²) in [4.78, 5) is 21.9. The minimum Gasteiger partial charge on any atom is -0.470 e. The molecule has 1 aromatic carbocycles. The van der Waals surface area contributed by atoms with Crippen LogP contribution in [0, 0.1) is 0 Å². The Balaban J connectivity index is 1.41. The number of para-hydroxylation sites is 1. The van der Waals surface area contributed by atoms with Gasteiger partial charge in [0.15, 0.2) is 0 Å². The monoisotopic (exact) mass is 373 g/mol. The van der Waals surface area contributed by atoms with Gasteiger partial charge in [-0.05, 0) is 49.7 Å². The Kier molecular flexibility index (Phi) is 4.24. The molecule has 1 fully saturated rings. The number of furan rings is 1. The number of hydrogen-bond acceptors (Lipinski definition) is 4. The van der Waals surface area contributed by atoms with Crippen molar-refractivity contribution in [2.45, 2.75) is 31.2 Å². The molecule has 1 amide bonds. The maximum atomic E-state index is 13.2. The van der Waals surface area contributed by atoms with Crippen molar-refractivity contribution in [1.29, 1.82) is 0 Å². The number of rotatable bonds is 3. The fraction of sp³-hybridized carbons (Fsp3) is 0.304. The molecule has 5 heteroatoms. The SMILES string of the molecule is O=C1CC2(CCN(Cc3ccccn3)CC2)c2ccccc2N1c1ccoc1. The van der Waals surface area contributed by atoms with Crippen LogP contribution in [0.15, 0.2) is 71.7 Å². The lowest BCUT2D eigenvalue weighted by Crippen LogP contribution is -2.48. The van der Waals surface area contributed by atoms with Crippen LogP contribution in [0.25, 0.3) is 0 Å². The second-order valence-corrected chi connectivity index (χ2v) is 7.78. The van der Waals surface area contributed by atoms with Crippen LogP contribution in [-0.4, -0.2) is 28.9 Å². The van der Waals surface area contributed by atoms with E-state index in [0.29, 0.717) is 6.42 Å². The topological polar surface area (TPSA) is 49.6 Å². The van der Waals surface area contributed by atoms with E-state index in [1.54, 1.807) is 12.5 Å². The van der Waals surface area contributed by atoms with Gasteiger partial charge in [-0.25, -0.2) is 0 Å². The van der Waals surface area contributed by atoms with Gasteiger partial charge in [0.05, 0.1) is 23.3 Å². The van der Waals surface area contributed by atoms with Gasteiger partial charge in [-0.1, -0.05) is 24.3 Å². The number of carbonyl (C=O) groups excluding carboxylic acids is 1. The maximum absolute atomic E-state index is 13.2. The Morgan fingerprint density at radius 3 is 2.61 bits per heavy atom. The highest BCUT2D eigenvalue weighted by molar-refractivity contribution is 6.04. The van der Waals surface area contributed by atoms with E-state index in [4.69, 9.17) is 4.42 Å². The van der Waals surface area contributed by atoms with E-state index >= 15 is 0 Å². The summed E-state index contributed by atoms with van der Waals surface area (Å²) in [6.45, 7) is 2.82. The summed E-state index contributed by atoms with van der Waals surface area (Å²) in [5.41, 5.74) is 4.12. The van der Waals surface area contributed by atoms with E-state index in [9.17, 15) is 4.79 Å². The first kappa shape index (κ1) is 17.2. The number of likely N-dealkylation sites (tertiary alicyclic amines) is 1. The van der Waals surface area contributed by atoms with Gasteiger partial charge in [-0.2, -0.15) is 0 Å². The summed E-state index contributed by atoms with van der Waals surface area (Å²) in [5, 5.41) is 0. The van der Waals surface area contributed by atoms with Crippen LogP contribution < -0.4 is 4.90 Å². The predicted octanol–water partition coefficient (Wildman–Crippen LogP) is 4.28. The molecular weight excluding hydrogens is 350 g/mol. The van der Waals surface area contributed by atoms with Crippen molar-refractivity contribution in [2.75, 3.05) is 18.0 Å². The van der Waals surface area contributed by atoms with Crippen LogP contribution in [-0.2, 0) is 16.8 Å². The number of fused-ring (bicyclic) bond motifs is 2. The molecule has 0 atom stereocenters. The molecule has 2 aromatic heterocycles. The number of nitrogens with zero attached hydrogens (tertiary/aromatic N) is 3. The number of pyridine rings is 1. The molecule has 0 unspecified atom stereocenters. The molecule has 0 saturated carbocycles. The van der Waals surface area contributed by atoms with E-state index in [2.05, 4.69) is 34.1 Å². The Morgan fingerprint density at radius 2 is 1.86 bits per heavy atom. The quantitative estimate of drug-likeness (QED) is 0.688. The van der Waals surface area contributed by atoms with E-state index in [0.717, 1.165) is 49.5 Å². The Labute approximate surface area is 164 Å². The lowest BCUT2D eigenvalue weighted by molar-refractivity contribution is -0.120. The normalized spacial score (nSPS) is 19.0. The highest BCUT2D eigenvalue weighted by Crippen LogP contribution is 2.49. The predicted molar refractivity (Wildman–Crippen MR) is 107 cm³/mol. The highest BCUT2D eigenvalue weighted by atomic mass is 16.3. The average Bonchev–Trinajstić information content (AvgIpc) is 3.25. The fourth-order valence-corrected chi connectivity index (χ4v) is 4.69. The van der Waals surface area contributed by atoms with E-state index in [-0.39, 0.29) is 11.3 Å². The van der Waals surface area contributed by atoms with Gasteiger partial charge in [0, 0.05) is 30.6 Å². The van der Waals surface area contributed by atoms with Gasteiger partial charge in [0.2, 0.25) is 5.91 Å². The highest BCUT2D eigenvalue weighted by Gasteiger charge is 2.45. The molecular formula is C23H23N3O2. The molecule has 0 aliphatic carbocycles. The minimum atomic E-state index is -0.0749. The smallest absolute Gasteiger partial charge is 0.232 e. The molecule has 0 radical (unpaired) electrons. The molecule has 1 spiro atoms. The number of hydrogen-bond donors (Lipinski definition) is 0. The van der Waals surface area contributed by atoms with Gasteiger partial charge in [-0.3, -0.25) is 19.6 Å². The second-order valence-electron chi connectivity index (χ2n) is 7.78. The molecule has 4 heterocycles. The van der Waals surface area contributed by atoms with Crippen molar-refractivity contribution >= 4 is 17.3 Å². The van der Waals surface area contributed by atoms with Crippen molar-refractivity contribution in [2.24, 2.45) is 0 Å². The summed E-state index contributed by atoms with van der Waals surface area (Å²) >= 11 is 0. The zero-order valence-corrected chi connectivity index (χ0v) is 15.8. The van der Waals surface area contributed by atoms with Gasteiger partial charge in [-0.15, -0.1) is 0 Å². The van der Waals surface area contributed by atoms with Gasteiger partial charge in [0.25, 0.3) is 0 Å². The van der Waals surface area contributed by atoms with Crippen LogP contribution in [0.2, 0.25) is 0 Å². The van der Waals surface area contributed by atoms with Crippen molar-refractivity contribution < 1.29 is 9.21 Å². The van der Waals surface area contributed by atoms with Crippen LogP contribution in [0.4, 0.5) is 11.4 Å². The molecule has 142 valence electrons. The zero-order valence-electron chi connectivity index (χ0n) is 15.8. The van der Waals surface area contributed by atoms with Gasteiger partial charge >= 0.3 is 0 Å². The lowest BCUT2D eigenvalue weighted by Gasteiger charge is -2.47. The average molecular weight is 373 g/mol. The summed E-state index contributed by atoms with van der Waals surface area (Å²) < 4.78 is 5.23. The maximum Gasteiger partial charge on any atom is 0.232 e. The summed E-state index contributed by atoms with van der Waals surface area (Å²) in [6.07, 6.45) is 7.63. The number of aromatic nitrogens is 1. The van der Waals surface area contributed by atoms with E-state index < -0.39 is 0 Å². The fourth-order valence-electron chi connectivity index (χ4n) is 4.69. The third-order valence-corrected chi connectivity index (χ3v) is 6.14. The Morgan fingerprint density at radius 1 is 1.04 bits per heavy atom. The number of piperidine rings is 1. The second kappa shape index (κ2) is 6.91. The largest absolute Gasteiger partial charge is 0.470 e. The van der Waals surface area contributed by atoms with Gasteiger partial charge in [0.1, 0.15) is 6.26 Å². The zero-order chi connectivity index (χ0) is 19.0. The minimum absolute atomic E-state index is 0.0749. The van der Waals surface area contributed by atoms with E-state index in [1.807, 2.05) is 35.4 Å². The molecule has 5 rings (SSSR count). The number of carbonyl (C=O) groups is 1. The standard InChI is InChI=1S/C23H23N3O2/c27-22-15-23(9-12-25(13-10-23)16-18-5-3-4-11-24-18)20-6-1-2-7-21(20)26(22)19-8-14-28-17-19/h1-8,11,14,17H,9-10,12-13,15-16H2. The lowest BCUT2D eigenvalue weighted by atomic mass is 9.67. The Bertz CT molecular complexity index is 961. The molecule has 0 bridgehead atoms. The third-order valence-electron chi connectivity index (χ3n) is 6.14. The first-order valence-electron chi connectivity index (χ1n) is 9.82. The third kappa shape index (κ3) is 2.92. The molecule has 3 aromatic rings. The molecule has 2 aliphatic rings. The summed E-state index contributed by atoms with van der Waals surface area (Å²) in [6, 6.07) is 16.3. The summed E-state index contributed by atoms with van der Waals surface area (Å²) in [7, 11) is 0. The van der Waals surface area contributed by atoms with Gasteiger partial charge < -0.3 is 4.42 Å². The van der Waals surface area contributed by atoms with Crippen LogP contribution in [0.3, 0.4) is 0 Å². The van der Waals surface area contributed by atoms with Crippen LogP contribution >= 0.6 is 0 Å². The summed E-state index contributed by atoms with van der Waals surface area (Å²) in [5.74, 6) is 0.151. The molecule has 28 heavy (non-hydrogen) atoms. The molecule has 5 nitrogen and oxygen atoms in total. The Hall–Kier alpha value is -2.92. The molecule has 2 aliphatic heterocycles. The van der Waals surface area contributed by atoms with Crippen molar-refractivity contribution in [1.82, 2.24) is 9.88 Å². The first-order chi connectivity index (χ1) is 13.8.